The van der Waals surface area contributed by atoms with Crippen molar-refractivity contribution in [2.75, 3.05) is 28.4 Å². The van der Waals surface area contributed by atoms with Gasteiger partial charge in [-0.3, -0.25) is 4.79 Å². The molecule has 0 aliphatic carbocycles. The first kappa shape index (κ1) is 19.7. The molecule has 4 aromatic rings. The van der Waals surface area contributed by atoms with Crippen LogP contribution in [-0.2, 0) is 0 Å². The van der Waals surface area contributed by atoms with Crippen molar-refractivity contribution in [3.05, 3.63) is 56.8 Å². The molecule has 8 nitrogen and oxygen atoms in total. The molecule has 0 atom stereocenters. The number of hydrogen-bond donors (Lipinski definition) is 0. The lowest BCUT2D eigenvalue weighted by atomic mass is 10.2. The number of thiazole rings is 1. The fourth-order valence-corrected chi connectivity index (χ4v) is 3.92. The maximum atomic E-state index is 12.9. The average Bonchev–Trinajstić information content (AvgIpc) is 3.32. The molecule has 0 saturated heterocycles. The van der Waals surface area contributed by atoms with Crippen LogP contribution in [0.15, 0.2) is 41.2 Å². The van der Waals surface area contributed by atoms with Gasteiger partial charge in [0, 0.05) is 11.1 Å². The summed E-state index contributed by atoms with van der Waals surface area (Å²) in [5, 5.41) is 4.38. The molecular formula is C21H19N3O5S. The first-order valence-electron chi connectivity index (χ1n) is 8.93. The van der Waals surface area contributed by atoms with Crippen LogP contribution >= 0.6 is 11.3 Å². The van der Waals surface area contributed by atoms with Gasteiger partial charge in [-0.1, -0.05) is 11.3 Å². The Hall–Kier alpha value is -3.59. The normalized spacial score (nSPS) is 11.7. The molecule has 0 fully saturated rings. The molecule has 9 heteroatoms. The Morgan fingerprint density at radius 1 is 0.900 bits per heavy atom. The van der Waals surface area contributed by atoms with Crippen molar-refractivity contribution >= 4 is 22.4 Å². The fourth-order valence-electron chi connectivity index (χ4n) is 3.02. The fraction of sp³-hybridized carbons (Fsp3) is 0.190. The number of fused-ring (bicyclic) bond motifs is 1. The molecular weight excluding hydrogens is 406 g/mol. The van der Waals surface area contributed by atoms with Crippen molar-refractivity contribution in [1.82, 2.24) is 14.6 Å². The first-order chi connectivity index (χ1) is 14.6. The van der Waals surface area contributed by atoms with Crippen molar-refractivity contribution in [2.24, 2.45) is 0 Å². The van der Waals surface area contributed by atoms with E-state index in [4.69, 9.17) is 18.9 Å². The third-order valence-electron chi connectivity index (χ3n) is 4.55. The molecule has 2 aromatic carbocycles. The van der Waals surface area contributed by atoms with E-state index in [0.29, 0.717) is 38.3 Å². The Morgan fingerprint density at radius 2 is 1.63 bits per heavy atom. The molecule has 0 radical (unpaired) electrons. The van der Waals surface area contributed by atoms with E-state index in [1.54, 1.807) is 58.8 Å². The minimum absolute atomic E-state index is 0.251. The number of rotatable bonds is 6. The average molecular weight is 425 g/mol. The van der Waals surface area contributed by atoms with Crippen molar-refractivity contribution in [3.8, 4) is 34.4 Å². The lowest BCUT2D eigenvalue weighted by Crippen LogP contribution is -2.23. The Bertz CT molecular complexity index is 1330. The number of benzene rings is 2. The summed E-state index contributed by atoms with van der Waals surface area (Å²) in [5.74, 6) is 2.92. The molecule has 0 saturated carbocycles. The van der Waals surface area contributed by atoms with E-state index in [-0.39, 0.29) is 5.56 Å². The Labute approximate surface area is 175 Å². The van der Waals surface area contributed by atoms with Crippen molar-refractivity contribution < 1.29 is 18.9 Å². The topological polar surface area (TPSA) is 84.2 Å². The molecule has 154 valence electrons. The van der Waals surface area contributed by atoms with Crippen molar-refractivity contribution in [2.45, 2.75) is 0 Å². The van der Waals surface area contributed by atoms with Crippen LogP contribution in [0.1, 0.15) is 5.56 Å². The van der Waals surface area contributed by atoms with E-state index in [0.717, 1.165) is 11.1 Å². The molecule has 0 amide bonds. The predicted molar refractivity (Wildman–Crippen MR) is 114 cm³/mol. The number of aromatic nitrogens is 3. The van der Waals surface area contributed by atoms with Crippen LogP contribution in [0, 0.1) is 0 Å². The van der Waals surface area contributed by atoms with Crippen molar-refractivity contribution in [3.63, 3.8) is 0 Å². The van der Waals surface area contributed by atoms with Crippen LogP contribution in [0.4, 0.5) is 0 Å². The van der Waals surface area contributed by atoms with Gasteiger partial charge in [-0.2, -0.15) is 9.50 Å². The van der Waals surface area contributed by atoms with Gasteiger partial charge >= 0.3 is 0 Å². The van der Waals surface area contributed by atoms with Crippen LogP contribution in [0.5, 0.6) is 23.0 Å². The van der Waals surface area contributed by atoms with Gasteiger partial charge in [-0.25, -0.2) is 0 Å². The van der Waals surface area contributed by atoms with Crippen LogP contribution in [0.2, 0.25) is 0 Å². The molecule has 2 aromatic heterocycles. The smallest absolute Gasteiger partial charge is 0.291 e. The standard InChI is InChI=1S/C21H19N3O5S/c1-26-14-6-8-15(27-2)13(9-14)11-18-20(25)24-21(30-18)22-19(23-24)12-5-7-16(28-3)17(10-12)29-4/h5-11H,1-4H3/b18-11-. The minimum Gasteiger partial charge on any atom is -0.497 e. The maximum absolute atomic E-state index is 12.9. The summed E-state index contributed by atoms with van der Waals surface area (Å²) >= 11 is 1.25. The quantitative estimate of drug-likeness (QED) is 0.469. The van der Waals surface area contributed by atoms with Gasteiger partial charge in [-0.15, -0.1) is 5.10 Å². The van der Waals surface area contributed by atoms with Gasteiger partial charge in [0.05, 0.1) is 33.0 Å². The van der Waals surface area contributed by atoms with E-state index in [1.165, 1.54) is 15.9 Å². The SMILES string of the molecule is COc1ccc(OC)c(/C=c2\sc3nc(-c4ccc(OC)c(OC)c4)nn3c2=O)c1. The summed E-state index contributed by atoms with van der Waals surface area (Å²) in [6.07, 6.45) is 1.75. The Kier molecular flexibility index (Phi) is 5.28. The van der Waals surface area contributed by atoms with Gasteiger partial charge in [0.1, 0.15) is 11.5 Å². The number of hydrogen-bond acceptors (Lipinski definition) is 8. The zero-order chi connectivity index (χ0) is 21.3. The Balaban J connectivity index is 1.79. The summed E-state index contributed by atoms with van der Waals surface area (Å²) in [5.41, 5.74) is 1.21. The zero-order valence-corrected chi connectivity index (χ0v) is 17.6. The van der Waals surface area contributed by atoms with Gasteiger partial charge in [0.25, 0.3) is 5.56 Å². The van der Waals surface area contributed by atoms with Gasteiger partial charge in [-0.05, 0) is 42.5 Å². The lowest BCUT2D eigenvalue weighted by molar-refractivity contribution is 0.355. The zero-order valence-electron chi connectivity index (χ0n) is 16.8. The highest BCUT2D eigenvalue weighted by molar-refractivity contribution is 7.15. The summed E-state index contributed by atoms with van der Waals surface area (Å²) in [6, 6.07) is 10.8. The molecule has 0 unspecified atom stereocenters. The second-order valence-electron chi connectivity index (χ2n) is 6.22. The molecule has 0 N–H and O–H groups in total. The molecule has 0 aliphatic heterocycles. The first-order valence-corrected chi connectivity index (χ1v) is 9.75. The number of methoxy groups -OCH3 is 4. The second-order valence-corrected chi connectivity index (χ2v) is 7.23. The molecule has 4 rings (SSSR count). The predicted octanol–water partition coefficient (Wildman–Crippen LogP) is 2.40. The van der Waals surface area contributed by atoms with E-state index in [9.17, 15) is 4.79 Å². The minimum atomic E-state index is -0.251. The molecule has 0 aliphatic rings. The van der Waals surface area contributed by atoms with E-state index < -0.39 is 0 Å². The largest absolute Gasteiger partial charge is 0.497 e. The lowest BCUT2D eigenvalue weighted by Gasteiger charge is -2.07. The third kappa shape index (κ3) is 3.43. The van der Waals surface area contributed by atoms with Crippen LogP contribution in [-0.4, -0.2) is 43.0 Å². The summed E-state index contributed by atoms with van der Waals surface area (Å²) in [4.78, 5) is 17.9. The van der Waals surface area contributed by atoms with Crippen LogP contribution in [0.25, 0.3) is 22.4 Å². The van der Waals surface area contributed by atoms with Crippen molar-refractivity contribution in [1.29, 1.82) is 0 Å². The highest BCUT2D eigenvalue weighted by atomic mass is 32.1. The monoisotopic (exact) mass is 425 g/mol. The molecule has 0 bridgehead atoms. The van der Waals surface area contributed by atoms with E-state index >= 15 is 0 Å². The second kappa shape index (κ2) is 8.03. The highest BCUT2D eigenvalue weighted by Gasteiger charge is 2.14. The Morgan fingerprint density at radius 3 is 2.30 bits per heavy atom. The third-order valence-corrected chi connectivity index (χ3v) is 5.51. The molecule has 30 heavy (non-hydrogen) atoms. The van der Waals surface area contributed by atoms with Crippen LogP contribution < -0.4 is 29.0 Å². The number of nitrogens with zero attached hydrogens (tertiary/aromatic N) is 3. The highest BCUT2D eigenvalue weighted by Crippen LogP contribution is 2.31. The van der Waals surface area contributed by atoms with Crippen LogP contribution in [0.3, 0.4) is 0 Å². The van der Waals surface area contributed by atoms with Gasteiger partial charge in [0.15, 0.2) is 17.3 Å². The van der Waals surface area contributed by atoms with Gasteiger partial charge in [0.2, 0.25) is 4.96 Å². The molecule has 2 heterocycles. The summed E-state index contributed by atoms with van der Waals surface area (Å²) in [7, 11) is 6.30. The van der Waals surface area contributed by atoms with E-state index in [1.807, 2.05) is 12.1 Å². The maximum Gasteiger partial charge on any atom is 0.291 e. The number of ether oxygens (including phenoxy) is 4. The molecule has 0 spiro atoms. The van der Waals surface area contributed by atoms with E-state index in [2.05, 4.69) is 10.1 Å². The summed E-state index contributed by atoms with van der Waals surface area (Å²) in [6.45, 7) is 0. The summed E-state index contributed by atoms with van der Waals surface area (Å²) < 4.78 is 23.0. The van der Waals surface area contributed by atoms with Gasteiger partial charge < -0.3 is 18.9 Å².